The molecule has 0 aliphatic rings. The van der Waals surface area contributed by atoms with Gasteiger partial charge in [0.15, 0.2) is 0 Å². The zero-order valence-electron chi connectivity index (χ0n) is 14.3. The molecule has 4 nitrogen and oxygen atoms in total. The molecule has 2 aromatic carbocycles. The van der Waals surface area contributed by atoms with Crippen LogP contribution in [0.15, 0.2) is 60.7 Å². The molecule has 0 saturated carbocycles. The van der Waals surface area contributed by atoms with Crippen molar-refractivity contribution < 1.29 is 0 Å². The molecule has 4 heteroatoms. The molecule has 0 saturated heterocycles. The quantitative estimate of drug-likeness (QED) is 0.753. The minimum Gasteiger partial charge on any atom is -0.350 e. The van der Waals surface area contributed by atoms with Crippen LogP contribution in [0.1, 0.15) is 16.8 Å². The number of nitrogens with one attached hydrogen (secondary N) is 1. The summed E-state index contributed by atoms with van der Waals surface area (Å²) < 4.78 is 0. The minimum absolute atomic E-state index is 0.647. The Kier molecular flexibility index (Phi) is 4.75. The highest BCUT2D eigenvalue weighted by molar-refractivity contribution is 5.60. The van der Waals surface area contributed by atoms with E-state index in [4.69, 9.17) is 0 Å². The second kappa shape index (κ2) is 7.13. The molecule has 0 amide bonds. The van der Waals surface area contributed by atoms with E-state index in [0.29, 0.717) is 12.5 Å². The first-order valence-corrected chi connectivity index (χ1v) is 8.06. The Hall–Kier alpha value is -2.88. The van der Waals surface area contributed by atoms with Gasteiger partial charge in [0.1, 0.15) is 5.82 Å². The molecule has 3 aromatic rings. The van der Waals surface area contributed by atoms with E-state index >= 15 is 0 Å². The summed E-state index contributed by atoms with van der Waals surface area (Å²) in [5.41, 5.74) is 4.51. The predicted molar refractivity (Wildman–Crippen MR) is 99.8 cm³/mol. The second-order valence-electron chi connectivity index (χ2n) is 5.93. The lowest BCUT2D eigenvalue weighted by molar-refractivity contribution is 1.00. The zero-order valence-corrected chi connectivity index (χ0v) is 14.3. The average Bonchev–Trinajstić information content (AvgIpc) is 2.60. The van der Waals surface area contributed by atoms with E-state index < -0.39 is 0 Å². The van der Waals surface area contributed by atoms with Crippen LogP contribution in [0.4, 0.5) is 17.5 Å². The Morgan fingerprint density at radius 3 is 2.46 bits per heavy atom. The van der Waals surface area contributed by atoms with Crippen molar-refractivity contribution in [2.24, 2.45) is 0 Å². The lowest BCUT2D eigenvalue weighted by Crippen LogP contribution is -2.13. The molecule has 122 valence electrons. The van der Waals surface area contributed by atoms with Crippen molar-refractivity contribution in [2.45, 2.75) is 20.4 Å². The molecule has 3 rings (SSSR count). The van der Waals surface area contributed by atoms with Crippen LogP contribution in [-0.2, 0) is 6.54 Å². The van der Waals surface area contributed by atoms with Crippen LogP contribution in [-0.4, -0.2) is 17.0 Å². The van der Waals surface area contributed by atoms with Gasteiger partial charge in [0.2, 0.25) is 5.95 Å². The van der Waals surface area contributed by atoms with Crippen LogP contribution >= 0.6 is 0 Å². The molecule has 0 aliphatic carbocycles. The lowest BCUT2D eigenvalue weighted by atomic mass is 10.1. The summed E-state index contributed by atoms with van der Waals surface area (Å²) >= 11 is 0. The van der Waals surface area contributed by atoms with Crippen molar-refractivity contribution in [1.82, 2.24) is 9.97 Å². The van der Waals surface area contributed by atoms with E-state index in [1.807, 2.05) is 38.2 Å². The van der Waals surface area contributed by atoms with Crippen LogP contribution in [0.25, 0.3) is 0 Å². The lowest BCUT2D eigenvalue weighted by Gasteiger charge is -2.19. The van der Waals surface area contributed by atoms with Crippen molar-refractivity contribution in [3.63, 3.8) is 0 Å². The van der Waals surface area contributed by atoms with E-state index in [-0.39, 0.29) is 0 Å². The highest BCUT2D eigenvalue weighted by atomic mass is 15.2. The maximum Gasteiger partial charge on any atom is 0.225 e. The number of para-hydroxylation sites is 1. The highest BCUT2D eigenvalue weighted by Crippen LogP contribution is 2.22. The third kappa shape index (κ3) is 3.90. The molecule has 0 radical (unpaired) electrons. The third-order valence-corrected chi connectivity index (χ3v) is 3.86. The second-order valence-corrected chi connectivity index (χ2v) is 5.93. The van der Waals surface area contributed by atoms with Crippen LogP contribution < -0.4 is 10.2 Å². The van der Waals surface area contributed by atoms with Gasteiger partial charge >= 0.3 is 0 Å². The summed E-state index contributed by atoms with van der Waals surface area (Å²) in [7, 11) is 2.02. The van der Waals surface area contributed by atoms with Gasteiger partial charge in [-0.05, 0) is 31.5 Å². The fourth-order valence-electron chi connectivity index (χ4n) is 2.59. The molecule has 0 fully saturated rings. The summed E-state index contributed by atoms with van der Waals surface area (Å²) in [5, 5.41) is 3.33. The molecule has 0 unspecified atom stereocenters. The summed E-state index contributed by atoms with van der Waals surface area (Å²) in [6.45, 7) is 4.79. The number of hydrogen-bond donors (Lipinski definition) is 1. The number of nitrogens with zero attached hydrogens (tertiary/aromatic N) is 3. The van der Waals surface area contributed by atoms with Gasteiger partial charge in [-0.15, -0.1) is 0 Å². The van der Waals surface area contributed by atoms with E-state index in [2.05, 4.69) is 63.5 Å². The topological polar surface area (TPSA) is 41.1 Å². The molecule has 0 atom stereocenters. The van der Waals surface area contributed by atoms with Crippen molar-refractivity contribution in [3.05, 3.63) is 77.5 Å². The van der Waals surface area contributed by atoms with E-state index in [1.54, 1.807) is 0 Å². The van der Waals surface area contributed by atoms with Crippen LogP contribution in [0.3, 0.4) is 0 Å². The molecule has 1 heterocycles. The van der Waals surface area contributed by atoms with Crippen molar-refractivity contribution in [1.29, 1.82) is 0 Å². The number of aryl methyl sites for hydroxylation is 2. The molecule has 0 aliphatic heterocycles. The predicted octanol–water partition coefficient (Wildman–Crippen LogP) is 4.47. The average molecular weight is 318 g/mol. The van der Waals surface area contributed by atoms with Gasteiger partial charge in [-0.2, -0.15) is 4.98 Å². The summed E-state index contributed by atoms with van der Waals surface area (Å²) in [4.78, 5) is 11.2. The van der Waals surface area contributed by atoms with E-state index in [0.717, 1.165) is 17.2 Å². The number of rotatable bonds is 5. The van der Waals surface area contributed by atoms with Crippen LogP contribution in [0, 0.1) is 13.8 Å². The zero-order chi connectivity index (χ0) is 16.9. The Bertz CT molecular complexity index is 815. The maximum atomic E-state index is 4.65. The van der Waals surface area contributed by atoms with E-state index in [9.17, 15) is 0 Å². The fraction of sp³-hybridized carbons (Fsp3) is 0.200. The van der Waals surface area contributed by atoms with Crippen molar-refractivity contribution in [2.75, 3.05) is 17.3 Å². The monoisotopic (exact) mass is 318 g/mol. The van der Waals surface area contributed by atoms with E-state index in [1.165, 1.54) is 11.1 Å². The summed E-state index contributed by atoms with van der Waals surface area (Å²) in [5.74, 6) is 1.52. The van der Waals surface area contributed by atoms with Crippen molar-refractivity contribution >= 4 is 17.5 Å². The smallest absolute Gasteiger partial charge is 0.225 e. The number of benzene rings is 2. The standard InChI is InChI=1S/C20H22N4/c1-15-8-7-9-17(12-15)14-21-20-22-16(2)13-19(23-20)24(3)18-10-5-4-6-11-18/h4-13H,14H2,1-3H3,(H,21,22,23). The molecule has 0 bridgehead atoms. The third-order valence-electron chi connectivity index (χ3n) is 3.86. The molecule has 1 N–H and O–H groups in total. The molecule has 0 spiro atoms. The van der Waals surface area contributed by atoms with Crippen LogP contribution in [0.2, 0.25) is 0 Å². The highest BCUT2D eigenvalue weighted by Gasteiger charge is 2.08. The van der Waals surface area contributed by atoms with Gasteiger partial charge in [-0.1, -0.05) is 48.0 Å². The molecule has 24 heavy (non-hydrogen) atoms. The van der Waals surface area contributed by atoms with Gasteiger partial charge in [-0.3, -0.25) is 0 Å². The first-order chi connectivity index (χ1) is 11.6. The first-order valence-electron chi connectivity index (χ1n) is 8.06. The summed E-state index contributed by atoms with van der Waals surface area (Å²) in [6, 6.07) is 20.6. The first kappa shape index (κ1) is 16.0. The number of hydrogen-bond acceptors (Lipinski definition) is 4. The largest absolute Gasteiger partial charge is 0.350 e. The van der Waals surface area contributed by atoms with Gasteiger partial charge in [-0.25, -0.2) is 4.98 Å². The fourth-order valence-corrected chi connectivity index (χ4v) is 2.59. The van der Waals surface area contributed by atoms with Gasteiger partial charge in [0.25, 0.3) is 0 Å². The van der Waals surface area contributed by atoms with Gasteiger partial charge in [0.05, 0.1) is 0 Å². The Labute approximate surface area is 143 Å². The SMILES string of the molecule is Cc1cccc(CNc2nc(C)cc(N(C)c3ccccc3)n2)c1. The summed E-state index contributed by atoms with van der Waals surface area (Å²) in [6.07, 6.45) is 0. The maximum absolute atomic E-state index is 4.65. The number of anilines is 3. The molecule has 1 aromatic heterocycles. The molecular formula is C20H22N4. The van der Waals surface area contributed by atoms with Gasteiger partial charge in [0, 0.05) is 31.0 Å². The Morgan fingerprint density at radius 1 is 0.917 bits per heavy atom. The Balaban J connectivity index is 1.79. The molecular weight excluding hydrogens is 296 g/mol. The normalized spacial score (nSPS) is 10.5. The van der Waals surface area contributed by atoms with Crippen molar-refractivity contribution in [3.8, 4) is 0 Å². The van der Waals surface area contributed by atoms with Crippen LogP contribution in [0.5, 0.6) is 0 Å². The Morgan fingerprint density at radius 2 is 1.71 bits per heavy atom. The minimum atomic E-state index is 0.647. The number of aromatic nitrogens is 2. The van der Waals surface area contributed by atoms with Gasteiger partial charge < -0.3 is 10.2 Å².